The normalized spacial score (nSPS) is 0.750. The molecule has 0 radical (unpaired) electrons. The molecule has 0 aromatic rings. The van der Waals surface area contributed by atoms with Crippen molar-refractivity contribution in [3.05, 3.63) is 0 Å². The Morgan fingerprint density at radius 1 is 1.25 bits per heavy atom. The molecule has 22 valence electrons. The fraction of sp³-hybridized carbons (Fsp3) is 0. The number of hydrogen-bond donors (Lipinski definition) is 0. The van der Waals surface area contributed by atoms with Gasteiger partial charge in [0.2, 0.25) is 0 Å². The fourth-order valence-corrected chi connectivity index (χ4v) is 0. The molecule has 0 spiro atoms. The van der Waals surface area contributed by atoms with Gasteiger partial charge in [-0.1, -0.05) is 0 Å². The molecule has 0 rings (SSSR count). The Bertz CT molecular complexity index is 8.00. The molecule has 0 N–H and O–H groups in total. The van der Waals surface area contributed by atoms with E-state index in [2.05, 4.69) is 0 Å². The third kappa shape index (κ3) is 9.92. The van der Waals surface area contributed by atoms with Gasteiger partial charge in [-0.25, -0.2) is 0 Å². The average molecular weight is 111 g/mol. The van der Waals surface area contributed by atoms with Crippen molar-refractivity contribution >= 4 is 35.1 Å². The summed E-state index contributed by atoms with van der Waals surface area (Å²) in [4.78, 5) is 0. The van der Waals surface area contributed by atoms with Crippen LogP contribution in [0.15, 0.2) is 0 Å². The Kier molecular flexibility index (Phi) is 116. The summed E-state index contributed by atoms with van der Waals surface area (Å²) in [5, 5.41) is 0. The van der Waals surface area contributed by atoms with Crippen LogP contribution in [-0.2, 0) is 20.3 Å². The van der Waals surface area contributed by atoms with E-state index in [9.17, 15) is 0 Å². The molecule has 0 unspecified atom stereocenters. The Hall–Kier alpha value is 1.42. The van der Waals surface area contributed by atoms with Crippen LogP contribution in [0.25, 0.3) is 0 Å². The van der Waals surface area contributed by atoms with Crippen LogP contribution in [-0.4, -0.2) is 35.1 Å². The third-order valence-electron chi connectivity index (χ3n) is 0. The van der Waals surface area contributed by atoms with E-state index in [4.69, 9.17) is 3.80 Å². The molecule has 1 nitrogen and oxygen atoms in total. The molecular weight excluding hydrogens is 109 g/mol. The van der Waals surface area contributed by atoms with Gasteiger partial charge in [0.1, 0.15) is 0 Å². The topological polar surface area (TPSA) is 17.1 Å². The van der Waals surface area contributed by atoms with Crippen molar-refractivity contribution in [3.8, 4) is 0 Å². The van der Waals surface area contributed by atoms with E-state index in [1.54, 1.807) is 0 Å². The summed E-state index contributed by atoms with van der Waals surface area (Å²) in [5.41, 5.74) is 0. The van der Waals surface area contributed by atoms with Crippen molar-refractivity contribution in [2.24, 2.45) is 0 Å². The predicted octanol–water partition coefficient (Wildman–Crippen LogP) is -1.42. The standard InChI is InChI=1S/Al.Li.Ni.O.2H. The van der Waals surface area contributed by atoms with Crippen LogP contribution in [0.2, 0.25) is 0 Å². The molecule has 4 heavy (non-hydrogen) atoms. The SMILES string of the molecule is [LiH].[Ni].[O]=[AlH]. The van der Waals surface area contributed by atoms with Gasteiger partial charge in [0.05, 0.1) is 0 Å². The zero-order valence-corrected chi connectivity index (χ0v) is 3.83. The van der Waals surface area contributed by atoms with Gasteiger partial charge in [-0.3, -0.25) is 0 Å². The van der Waals surface area contributed by atoms with Gasteiger partial charge in [0, 0.05) is 16.5 Å². The van der Waals surface area contributed by atoms with Crippen LogP contribution >= 0.6 is 0 Å². The van der Waals surface area contributed by atoms with Gasteiger partial charge >= 0.3 is 38.9 Å². The fourth-order valence-electron chi connectivity index (χ4n) is 0. The summed E-state index contributed by atoms with van der Waals surface area (Å²) in [6.45, 7) is 0. The molecule has 0 bridgehead atoms. The second kappa shape index (κ2) is 25.6. The average Bonchev–Trinajstić information content (AvgIpc) is 1.00. The van der Waals surface area contributed by atoms with Crippen LogP contribution in [0.4, 0.5) is 0 Å². The van der Waals surface area contributed by atoms with E-state index in [1.165, 1.54) is 0 Å². The quantitative estimate of drug-likeness (QED) is 0.350. The van der Waals surface area contributed by atoms with Crippen molar-refractivity contribution in [3.63, 3.8) is 0 Å². The first kappa shape index (κ1) is 18.1. The maximum atomic E-state index is 8.28. The number of rotatable bonds is 0. The molecule has 0 amide bonds. The van der Waals surface area contributed by atoms with Gasteiger partial charge in [-0.15, -0.1) is 0 Å². The van der Waals surface area contributed by atoms with Gasteiger partial charge in [-0.05, 0) is 0 Å². The maximum absolute atomic E-state index is 8.28. The van der Waals surface area contributed by atoms with Crippen molar-refractivity contribution in [2.45, 2.75) is 0 Å². The first-order valence-electron chi connectivity index (χ1n) is 0.289. The first-order chi connectivity index (χ1) is 1.00. The van der Waals surface area contributed by atoms with Crippen LogP contribution in [0.3, 0.4) is 0 Å². The van der Waals surface area contributed by atoms with Crippen molar-refractivity contribution in [1.82, 2.24) is 0 Å². The summed E-state index contributed by atoms with van der Waals surface area (Å²) >= 11 is 0.611. The third-order valence-corrected chi connectivity index (χ3v) is 0. The van der Waals surface area contributed by atoms with E-state index in [1.807, 2.05) is 0 Å². The van der Waals surface area contributed by atoms with Crippen LogP contribution < -0.4 is 0 Å². The van der Waals surface area contributed by atoms with Crippen molar-refractivity contribution in [2.75, 3.05) is 0 Å². The van der Waals surface area contributed by atoms with E-state index < -0.39 is 0 Å². The molecular formula is H2AlLiNiO. The van der Waals surface area contributed by atoms with Crippen molar-refractivity contribution in [1.29, 1.82) is 0 Å². The second-order valence-electron chi connectivity index (χ2n) is 0. The van der Waals surface area contributed by atoms with Gasteiger partial charge in [0.15, 0.2) is 0 Å². The summed E-state index contributed by atoms with van der Waals surface area (Å²) < 4.78 is 8.28. The van der Waals surface area contributed by atoms with E-state index in [0.717, 1.165) is 0 Å². The van der Waals surface area contributed by atoms with Gasteiger partial charge in [-0.2, -0.15) is 0 Å². The molecule has 0 atom stereocenters. The van der Waals surface area contributed by atoms with E-state index in [0.29, 0.717) is 16.2 Å². The van der Waals surface area contributed by atoms with Crippen LogP contribution in [0.5, 0.6) is 0 Å². The molecule has 0 saturated heterocycles. The zero-order valence-electron chi connectivity index (χ0n) is 1.43. The number of hydrogen-bond acceptors (Lipinski definition) is 1. The van der Waals surface area contributed by atoms with Crippen LogP contribution in [0, 0.1) is 0 Å². The minimum atomic E-state index is 0. The van der Waals surface area contributed by atoms with Gasteiger partial charge < -0.3 is 0 Å². The predicted molar refractivity (Wildman–Crippen MR) is 15.0 cm³/mol. The molecule has 0 saturated carbocycles. The molecule has 0 aromatic heterocycles. The molecule has 0 fully saturated rings. The Morgan fingerprint density at radius 2 is 1.25 bits per heavy atom. The molecule has 0 aliphatic heterocycles. The summed E-state index contributed by atoms with van der Waals surface area (Å²) in [7, 11) is 0. The Labute approximate surface area is 55.3 Å². The van der Waals surface area contributed by atoms with Gasteiger partial charge in [0.25, 0.3) is 0 Å². The zero-order chi connectivity index (χ0) is 2.00. The molecule has 0 aromatic carbocycles. The monoisotopic (exact) mass is 110 g/mol. The van der Waals surface area contributed by atoms with Crippen LogP contribution in [0.1, 0.15) is 0 Å². The first-order valence-corrected chi connectivity index (χ1v) is 0.866. The Morgan fingerprint density at radius 3 is 1.25 bits per heavy atom. The minimum absolute atomic E-state index is 0. The van der Waals surface area contributed by atoms with Crippen molar-refractivity contribution < 1.29 is 20.3 Å². The molecule has 0 aliphatic carbocycles. The Balaban J connectivity index is -0.00000000500. The summed E-state index contributed by atoms with van der Waals surface area (Å²) in [5.74, 6) is 0. The summed E-state index contributed by atoms with van der Waals surface area (Å²) in [6, 6.07) is 0. The molecule has 4 heteroatoms. The molecule has 0 aliphatic rings. The summed E-state index contributed by atoms with van der Waals surface area (Å²) in [6.07, 6.45) is 0. The van der Waals surface area contributed by atoms with E-state index >= 15 is 0 Å². The molecule has 0 heterocycles. The second-order valence-corrected chi connectivity index (χ2v) is 0. The van der Waals surface area contributed by atoms with E-state index in [-0.39, 0.29) is 35.4 Å².